The van der Waals surface area contributed by atoms with Crippen molar-refractivity contribution in [3.63, 3.8) is 0 Å². The van der Waals surface area contributed by atoms with E-state index in [0.29, 0.717) is 6.54 Å². The van der Waals surface area contributed by atoms with E-state index in [1.807, 2.05) is 42.1 Å². The average molecular weight is 345 g/mol. The Labute approximate surface area is 151 Å². The second kappa shape index (κ2) is 8.37. The van der Waals surface area contributed by atoms with Gasteiger partial charge in [-0.2, -0.15) is 0 Å². The van der Waals surface area contributed by atoms with Gasteiger partial charge in [-0.05, 0) is 49.9 Å². The fourth-order valence-corrected chi connectivity index (χ4v) is 3.12. The summed E-state index contributed by atoms with van der Waals surface area (Å²) < 4.78 is 0. The van der Waals surface area contributed by atoms with E-state index in [1.165, 1.54) is 0 Å². The third-order valence-corrected chi connectivity index (χ3v) is 5.17. The van der Waals surface area contributed by atoms with Crippen LogP contribution >= 0.6 is 0 Å². The molecule has 25 heavy (non-hydrogen) atoms. The van der Waals surface area contributed by atoms with Gasteiger partial charge in [0.25, 0.3) is 0 Å². The van der Waals surface area contributed by atoms with Crippen LogP contribution in [0.15, 0.2) is 18.2 Å². The predicted molar refractivity (Wildman–Crippen MR) is 103 cm³/mol. The molecule has 1 N–H and O–H groups in total. The monoisotopic (exact) mass is 345 g/mol. The number of hydrogen-bond acceptors (Lipinski definition) is 3. The van der Waals surface area contributed by atoms with Gasteiger partial charge in [0.15, 0.2) is 0 Å². The van der Waals surface area contributed by atoms with E-state index in [-0.39, 0.29) is 23.8 Å². The molecule has 0 spiro atoms. The third-order valence-electron chi connectivity index (χ3n) is 5.17. The van der Waals surface area contributed by atoms with Gasteiger partial charge in [0.05, 0.1) is 0 Å². The summed E-state index contributed by atoms with van der Waals surface area (Å²) in [5.41, 5.74) is 2.92. The Hall–Kier alpha value is -2.04. The number of anilines is 2. The van der Waals surface area contributed by atoms with Crippen LogP contribution in [-0.4, -0.2) is 36.9 Å². The minimum atomic E-state index is 0.0722. The first kappa shape index (κ1) is 19.3. The molecule has 0 heterocycles. The number of carbonyl (C=O) groups excluding carboxylic acids is 2. The van der Waals surface area contributed by atoms with E-state index in [0.717, 1.165) is 42.6 Å². The number of benzene rings is 1. The number of nitrogens with one attached hydrogen (secondary N) is 1. The Morgan fingerprint density at radius 1 is 1.28 bits per heavy atom. The van der Waals surface area contributed by atoms with Crippen molar-refractivity contribution in [1.29, 1.82) is 0 Å². The van der Waals surface area contributed by atoms with Crippen LogP contribution in [0.25, 0.3) is 0 Å². The Kier molecular flexibility index (Phi) is 6.45. The topological polar surface area (TPSA) is 52.7 Å². The Bertz CT molecular complexity index is 623. The van der Waals surface area contributed by atoms with Gasteiger partial charge >= 0.3 is 0 Å². The predicted octanol–water partition coefficient (Wildman–Crippen LogP) is 3.64. The summed E-state index contributed by atoms with van der Waals surface area (Å²) in [5, 5.41) is 3.04. The van der Waals surface area contributed by atoms with Gasteiger partial charge in [-0.1, -0.05) is 13.3 Å². The van der Waals surface area contributed by atoms with E-state index in [1.54, 1.807) is 6.92 Å². The van der Waals surface area contributed by atoms with Gasteiger partial charge in [-0.25, -0.2) is 0 Å². The Balaban J connectivity index is 2.24. The van der Waals surface area contributed by atoms with Gasteiger partial charge in [-0.3, -0.25) is 9.59 Å². The number of amides is 2. The van der Waals surface area contributed by atoms with E-state index >= 15 is 0 Å². The lowest BCUT2D eigenvalue weighted by Crippen LogP contribution is -2.36. The second-order valence-electron chi connectivity index (χ2n) is 7.26. The molecule has 1 fully saturated rings. The van der Waals surface area contributed by atoms with Crippen LogP contribution in [-0.2, 0) is 16.1 Å². The molecule has 1 aromatic carbocycles. The van der Waals surface area contributed by atoms with Crippen molar-refractivity contribution < 1.29 is 9.59 Å². The minimum Gasteiger partial charge on any atom is -0.377 e. The van der Waals surface area contributed by atoms with Gasteiger partial charge < -0.3 is 15.1 Å². The highest BCUT2D eigenvalue weighted by Crippen LogP contribution is 2.29. The van der Waals surface area contributed by atoms with Crippen LogP contribution in [0, 0.1) is 5.92 Å². The number of hydrogen-bond donors (Lipinski definition) is 1. The van der Waals surface area contributed by atoms with Crippen molar-refractivity contribution in [3.05, 3.63) is 23.8 Å². The minimum absolute atomic E-state index is 0.0722. The molecule has 0 radical (unpaired) electrons. The summed E-state index contributed by atoms with van der Waals surface area (Å²) in [5.74, 6) is 0.342. The molecule has 138 valence electrons. The molecule has 1 aliphatic carbocycles. The fourth-order valence-electron chi connectivity index (χ4n) is 3.12. The van der Waals surface area contributed by atoms with Gasteiger partial charge in [-0.15, -0.1) is 0 Å². The molecule has 0 aromatic heterocycles. The lowest BCUT2D eigenvalue weighted by molar-refractivity contribution is -0.131. The average Bonchev–Trinajstić information content (AvgIpc) is 2.49. The van der Waals surface area contributed by atoms with Gasteiger partial charge in [0.2, 0.25) is 11.8 Å². The van der Waals surface area contributed by atoms with Crippen molar-refractivity contribution in [2.45, 2.75) is 59.0 Å². The summed E-state index contributed by atoms with van der Waals surface area (Å²) in [7, 11) is 3.99. The zero-order valence-electron chi connectivity index (χ0n) is 16.1. The molecule has 0 saturated heterocycles. The zero-order chi connectivity index (χ0) is 18.6. The molecule has 2 rings (SSSR count). The SMILES string of the molecule is CCC(C)N(Cc1cc(NC(=O)C2CCC2)ccc1N(C)C)C(C)=O. The van der Waals surface area contributed by atoms with Crippen LogP contribution < -0.4 is 10.2 Å². The van der Waals surface area contributed by atoms with Gasteiger partial charge in [0, 0.05) is 50.9 Å². The second-order valence-corrected chi connectivity index (χ2v) is 7.26. The maximum absolute atomic E-state index is 12.2. The van der Waals surface area contributed by atoms with Crippen molar-refractivity contribution in [3.8, 4) is 0 Å². The molecular formula is C20H31N3O2. The summed E-state index contributed by atoms with van der Waals surface area (Å²) in [4.78, 5) is 28.2. The standard InChI is InChI=1S/C20H31N3O2/c1-6-14(2)23(15(3)24)13-17-12-18(10-11-19(17)22(4)5)21-20(25)16-8-7-9-16/h10-12,14,16H,6-9,13H2,1-5H3,(H,21,25). The summed E-state index contributed by atoms with van der Waals surface area (Å²) in [6.07, 6.45) is 4.03. The van der Waals surface area contributed by atoms with Crippen LogP contribution in [0.2, 0.25) is 0 Å². The molecule has 2 amide bonds. The van der Waals surface area contributed by atoms with Gasteiger partial charge in [0.1, 0.15) is 0 Å². The molecule has 0 aliphatic heterocycles. The summed E-state index contributed by atoms with van der Waals surface area (Å²) in [6.45, 7) is 6.32. The van der Waals surface area contributed by atoms with Crippen molar-refractivity contribution >= 4 is 23.2 Å². The quantitative estimate of drug-likeness (QED) is 0.821. The number of nitrogens with zero attached hydrogens (tertiary/aromatic N) is 2. The molecule has 1 aromatic rings. The molecule has 5 nitrogen and oxygen atoms in total. The molecule has 5 heteroatoms. The number of rotatable bonds is 7. The summed E-state index contributed by atoms with van der Waals surface area (Å²) in [6, 6.07) is 6.14. The highest BCUT2D eigenvalue weighted by molar-refractivity contribution is 5.93. The van der Waals surface area contributed by atoms with E-state index in [9.17, 15) is 9.59 Å². The first-order chi connectivity index (χ1) is 11.8. The summed E-state index contributed by atoms with van der Waals surface area (Å²) >= 11 is 0. The zero-order valence-corrected chi connectivity index (χ0v) is 16.1. The molecule has 0 bridgehead atoms. The first-order valence-electron chi connectivity index (χ1n) is 9.21. The van der Waals surface area contributed by atoms with E-state index in [2.05, 4.69) is 19.2 Å². The fraction of sp³-hybridized carbons (Fsp3) is 0.600. The smallest absolute Gasteiger partial charge is 0.227 e. The van der Waals surface area contributed by atoms with Crippen molar-refractivity contribution in [2.24, 2.45) is 5.92 Å². The van der Waals surface area contributed by atoms with Crippen LogP contribution in [0.1, 0.15) is 52.0 Å². The Morgan fingerprint density at radius 2 is 1.96 bits per heavy atom. The largest absolute Gasteiger partial charge is 0.377 e. The number of carbonyl (C=O) groups is 2. The normalized spacial score (nSPS) is 15.2. The molecule has 1 aliphatic rings. The lowest BCUT2D eigenvalue weighted by Gasteiger charge is -2.30. The maximum Gasteiger partial charge on any atom is 0.227 e. The molecular weight excluding hydrogens is 314 g/mol. The van der Waals surface area contributed by atoms with Crippen LogP contribution in [0.3, 0.4) is 0 Å². The molecule has 1 saturated carbocycles. The molecule has 1 unspecified atom stereocenters. The highest BCUT2D eigenvalue weighted by atomic mass is 16.2. The van der Waals surface area contributed by atoms with E-state index in [4.69, 9.17) is 0 Å². The molecule has 1 atom stereocenters. The van der Waals surface area contributed by atoms with E-state index < -0.39 is 0 Å². The van der Waals surface area contributed by atoms with Crippen molar-refractivity contribution in [2.75, 3.05) is 24.3 Å². The van der Waals surface area contributed by atoms with Crippen LogP contribution in [0.5, 0.6) is 0 Å². The lowest BCUT2D eigenvalue weighted by atomic mass is 9.85. The highest BCUT2D eigenvalue weighted by Gasteiger charge is 2.25. The Morgan fingerprint density at radius 3 is 2.44 bits per heavy atom. The third kappa shape index (κ3) is 4.74. The first-order valence-corrected chi connectivity index (χ1v) is 9.21. The van der Waals surface area contributed by atoms with Crippen LogP contribution in [0.4, 0.5) is 11.4 Å². The maximum atomic E-state index is 12.2. The van der Waals surface area contributed by atoms with Crippen molar-refractivity contribution in [1.82, 2.24) is 4.90 Å².